The molecule has 0 radical (unpaired) electrons. The molecular formula is C20H18ClFN4O3S. The Morgan fingerprint density at radius 2 is 2.03 bits per heavy atom. The van der Waals surface area contributed by atoms with Crippen LogP contribution in [0.15, 0.2) is 41.8 Å². The Labute approximate surface area is 181 Å². The van der Waals surface area contributed by atoms with E-state index in [0.717, 1.165) is 4.88 Å². The summed E-state index contributed by atoms with van der Waals surface area (Å²) in [6, 6.07) is 9.44. The normalized spacial score (nSPS) is 14.0. The van der Waals surface area contributed by atoms with Crippen LogP contribution < -0.4 is 5.32 Å². The molecule has 7 nitrogen and oxygen atoms in total. The van der Waals surface area contributed by atoms with Crippen molar-refractivity contribution in [2.45, 2.75) is 6.54 Å². The van der Waals surface area contributed by atoms with E-state index in [1.807, 2.05) is 17.5 Å². The van der Waals surface area contributed by atoms with Crippen LogP contribution in [-0.4, -0.2) is 52.8 Å². The first kappa shape index (κ1) is 20.5. The largest absolute Gasteiger partial charge is 0.378 e. The minimum Gasteiger partial charge on any atom is -0.378 e. The predicted octanol–water partition coefficient (Wildman–Crippen LogP) is 3.52. The van der Waals surface area contributed by atoms with Crippen molar-refractivity contribution in [3.05, 3.63) is 58.3 Å². The molecule has 1 aliphatic rings. The van der Waals surface area contributed by atoms with Crippen LogP contribution in [0.2, 0.25) is 5.02 Å². The average Bonchev–Trinajstić information content (AvgIpc) is 3.41. The highest BCUT2D eigenvalue weighted by Gasteiger charge is 2.23. The Morgan fingerprint density at radius 3 is 2.73 bits per heavy atom. The highest BCUT2D eigenvalue weighted by molar-refractivity contribution is 7.13. The lowest BCUT2D eigenvalue weighted by atomic mass is 10.2. The monoisotopic (exact) mass is 448 g/mol. The molecule has 0 unspecified atom stereocenters. The highest BCUT2D eigenvalue weighted by atomic mass is 35.5. The molecule has 0 aliphatic carbocycles. The summed E-state index contributed by atoms with van der Waals surface area (Å²) in [6.07, 6.45) is 0. The zero-order valence-electron chi connectivity index (χ0n) is 15.8. The van der Waals surface area contributed by atoms with Gasteiger partial charge < -0.3 is 15.0 Å². The first-order valence-corrected chi connectivity index (χ1v) is 10.5. The number of benzene rings is 1. The van der Waals surface area contributed by atoms with Gasteiger partial charge in [0.05, 0.1) is 28.8 Å². The van der Waals surface area contributed by atoms with Crippen LogP contribution in [0.3, 0.4) is 0 Å². The Hall–Kier alpha value is -2.75. The van der Waals surface area contributed by atoms with Gasteiger partial charge in [-0.15, -0.1) is 11.3 Å². The Bertz CT molecular complexity index is 1060. The van der Waals surface area contributed by atoms with Crippen molar-refractivity contribution in [2.75, 3.05) is 31.6 Å². The van der Waals surface area contributed by atoms with Gasteiger partial charge in [0.2, 0.25) is 5.91 Å². The average molecular weight is 449 g/mol. The predicted molar refractivity (Wildman–Crippen MR) is 112 cm³/mol. The number of anilines is 1. The van der Waals surface area contributed by atoms with Gasteiger partial charge >= 0.3 is 0 Å². The van der Waals surface area contributed by atoms with Crippen molar-refractivity contribution in [1.29, 1.82) is 0 Å². The van der Waals surface area contributed by atoms with E-state index in [2.05, 4.69) is 10.4 Å². The molecule has 0 spiro atoms. The van der Waals surface area contributed by atoms with E-state index in [1.54, 1.807) is 11.0 Å². The second kappa shape index (κ2) is 8.95. The van der Waals surface area contributed by atoms with E-state index in [9.17, 15) is 14.0 Å². The van der Waals surface area contributed by atoms with Crippen molar-refractivity contribution in [1.82, 2.24) is 14.7 Å². The van der Waals surface area contributed by atoms with Crippen LogP contribution in [0.5, 0.6) is 0 Å². The van der Waals surface area contributed by atoms with Crippen molar-refractivity contribution in [3.8, 4) is 10.6 Å². The van der Waals surface area contributed by atoms with E-state index < -0.39 is 5.82 Å². The van der Waals surface area contributed by atoms with Crippen LogP contribution in [0.1, 0.15) is 10.5 Å². The third-order valence-corrected chi connectivity index (χ3v) is 5.75. The zero-order chi connectivity index (χ0) is 21.1. The molecule has 1 fully saturated rings. The number of hydrogen-bond donors (Lipinski definition) is 1. The zero-order valence-corrected chi connectivity index (χ0v) is 17.4. The van der Waals surface area contributed by atoms with Gasteiger partial charge in [-0.2, -0.15) is 5.10 Å². The smallest absolute Gasteiger partial charge is 0.274 e. The van der Waals surface area contributed by atoms with Crippen LogP contribution >= 0.6 is 22.9 Å². The second-order valence-corrected chi connectivity index (χ2v) is 7.99. The molecule has 4 rings (SSSR count). The maximum Gasteiger partial charge on any atom is 0.274 e. The fraction of sp³-hybridized carbons (Fsp3) is 0.250. The third kappa shape index (κ3) is 4.53. The molecule has 3 aromatic rings. The van der Waals surface area contributed by atoms with Crippen LogP contribution in [-0.2, 0) is 16.1 Å². The Balaban J connectivity index is 1.56. The van der Waals surface area contributed by atoms with Gasteiger partial charge in [-0.25, -0.2) is 4.39 Å². The number of amides is 2. The molecule has 1 N–H and O–H groups in total. The van der Waals surface area contributed by atoms with Crippen molar-refractivity contribution in [3.63, 3.8) is 0 Å². The highest BCUT2D eigenvalue weighted by Crippen LogP contribution is 2.26. The summed E-state index contributed by atoms with van der Waals surface area (Å²) in [5.74, 6) is -1.13. The van der Waals surface area contributed by atoms with Crippen molar-refractivity contribution in [2.24, 2.45) is 0 Å². The fourth-order valence-corrected chi connectivity index (χ4v) is 4.03. The molecule has 1 aliphatic heterocycles. The third-order valence-electron chi connectivity index (χ3n) is 4.57. The number of hydrogen-bond acceptors (Lipinski definition) is 5. The number of ether oxygens (including phenoxy) is 1. The number of nitrogens with one attached hydrogen (secondary N) is 1. The van der Waals surface area contributed by atoms with E-state index in [-0.39, 0.29) is 29.1 Å². The number of halogens is 2. The number of nitrogens with zero attached hydrogens (tertiary/aromatic N) is 3. The van der Waals surface area contributed by atoms with Crippen LogP contribution in [0.25, 0.3) is 10.6 Å². The van der Waals surface area contributed by atoms with Gasteiger partial charge in [0.15, 0.2) is 5.69 Å². The standard InChI is InChI=1S/C20H18ClFN4O3S/c21-14-10-13(3-4-15(14)22)23-19(27)12-26-17(18-2-1-9-30-18)11-16(24-26)20(28)25-5-7-29-8-6-25/h1-4,9-11H,5-8,12H2,(H,23,27). The lowest BCUT2D eigenvalue weighted by molar-refractivity contribution is -0.116. The first-order valence-electron chi connectivity index (χ1n) is 9.25. The van der Waals surface area contributed by atoms with Gasteiger partial charge in [-0.3, -0.25) is 14.3 Å². The summed E-state index contributed by atoms with van der Waals surface area (Å²) in [5.41, 5.74) is 1.33. The topological polar surface area (TPSA) is 76.5 Å². The van der Waals surface area contributed by atoms with Gasteiger partial charge in [-0.1, -0.05) is 17.7 Å². The molecular weight excluding hydrogens is 431 g/mol. The van der Waals surface area contributed by atoms with Gasteiger partial charge in [-0.05, 0) is 35.7 Å². The maximum absolute atomic E-state index is 13.3. The van der Waals surface area contributed by atoms with Crippen molar-refractivity contribution < 1.29 is 18.7 Å². The lowest BCUT2D eigenvalue weighted by Crippen LogP contribution is -2.40. The molecule has 0 saturated carbocycles. The van der Waals surface area contributed by atoms with E-state index >= 15 is 0 Å². The minimum absolute atomic E-state index is 0.0791. The number of carbonyl (C=O) groups is 2. The quantitative estimate of drug-likeness (QED) is 0.648. The molecule has 0 bridgehead atoms. The summed E-state index contributed by atoms with van der Waals surface area (Å²) in [5, 5.41) is 8.91. The number of rotatable bonds is 5. The van der Waals surface area contributed by atoms with Gasteiger partial charge in [0.1, 0.15) is 12.4 Å². The van der Waals surface area contributed by atoms with E-state index in [0.29, 0.717) is 37.7 Å². The summed E-state index contributed by atoms with van der Waals surface area (Å²) in [7, 11) is 0. The molecule has 1 saturated heterocycles. The molecule has 156 valence electrons. The number of morpholine rings is 1. The fourth-order valence-electron chi connectivity index (χ4n) is 3.10. The molecule has 30 heavy (non-hydrogen) atoms. The minimum atomic E-state index is -0.562. The Morgan fingerprint density at radius 1 is 1.23 bits per heavy atom. The van der Waals surface area contributed by atoms with E-state index in [4.69, 9.17) is 16.3 Å². The SMILES string of the molecule is O=C(Cn1nc(C(=O)N2CCOCC2)cc1-c1cccs1)Nc1ccc(F)c(Cl)c1. The lowest BCUT2D eigenvalue weighted by Gasteiger charge is -2.25. The molecule has 0 atom stereocenters. The van der Waals surface area contributed by atoms with Crippen LogP contribution in [0.4, 0.5) is 10.1 Å². The summed E-state index contributed by atoms with van der Waals surface area (Å²) in [4.78, 5) is 28.0. The number of thiophene rings is 1. The van der Waals surface area contributed by atoms with Gasteiger partial charge in [0.25, 0.3) is 5.91 Å². The van der Waals surface area contributed by atoms with Gasteiger partial charge in [0, 0.05) is 18.8 Å². The number of aromatic nitrogens is 2. The Kier molecular flexibility index (Phi) is 6.12. The summed E-state index contributed by atoms with van der Waals surface area (Å²) >= 11 is 7.26. The van der Waals surface area contributed by atoms with E-state index in [1.165, 1.54) is 34.2 Å². The molecule has 2 amide bonds. The molecule has 2 aromatic heterocycles. The molecule has 1 aromatic carbocycles. The number of carbonyl (C=O) groups excluding carboxylic acids is 2. The summed E-state index contributed by atoms with van der Waals surface area (Å²) < 4.78 is 20.1. The summed E-state index contributed by atoms with van der Waals surface area (Å²) in [6.45, 7) is 1.88. The van der Waals surface area contributed by atoms with Crippen molar-refractivity contribution >= 4 is 40.4 Å². The first-order chi connectivity index (χ1) is 14.5. The second-order valence-electron chi connectivity index (χ2n) is 6.63. The molecule has 10 heteroatoms. The van der Waals surface area contributed by atoms with Crippen LogP contribution in [0, 0.1) is 5.82 Å². The molecule has 3 heterocycles. The maximum atomic E-state index is 13.3.